The van der Waals surface area contributed by atoms with E-state index in [1.807, 2.05) is 0 Å². The maximum absolute atomic E-state index is 13.1. The van der Waals surface area contributed by atoms with E-state index in [-0.39, 0.29) is 18.2 Å². The van der Waals surface area contributed by atoms with Gasteiger partial charge in [-0.2, -0.15) is 13.2 Å². The first kappa shape index (κ1) is 18.8. The number of anilines is 1. The van der Waals surface area contributed by atoms with Gasteiger partial charge in [0.05, 0.1) is 11.2 Å². The minimum absolute atomic E-state index is 0.0175. The average molecular weight is 392 g/mol. The van der Waals surface area contributed by atoms with E-state index in [0.29, 0.717) is 29.4 Å². The highest BCUT2D eigenvalue weighted by Gasteiger charge is 2.41. The summed E-state index contributed by atoms with van der Waals surface area (Å²) in [5.41, 5.74) is -3.57. The van der Waals surface area contributed by atoms with Crippen LogP contribution >= 0.6 is 0 Å². The molecule has 28 heavy (non-hydrogen) atoms. The quantitative estimate of drug-likeness (QED) is 0.744. The lowest BCUT2D eigenvalue weighted by Crippen LogP contribution is -2.48. The lowest BCUT2D eigenvalue weighted by molar-refractivity contribution is -0.0908. The van der Waals surface area contributed by atoms with Gasteiger partial charge >= 0.3 is 6.18 Å². The van der Waals surface area contributed by atoms with E-state index >= 15 is 0 Å². The Balaban J connectivity index is 1.74. The molecule has 0 spiro atoms. The Morgan fingerprint density at radius 3 is 2.61 bits per heavy atom. The van der Waals surface area contributed by atoms with Gasteiger partial charge in [-0.05, 0) is 31.9 Å². The number of hydrogen-bond acceptors (Lipinski definition) is 6. The summed E-state index contributed by atoms with van der Waals surface area (Å²) in [6, 6.07) is 1.69. The van der Waals surface area contributed by atoms with Gasteiger partial charge in [0.25, 0.3) is 0 Å². The fourth-order valence-corrected chi connectivity index (χ4v) is 3.79. The van der Waals surface area contributed by atoms with E-state index in [1.54, 1.807) is 13.0 Å². The number of pyridine rings is 1. The molecule has 1 saturated carbocycles. The molecule has 2 aromatic heterocycles. The summed E-state index contributed by atoms with van der Waals surface area (Å²) < 4.78 is 39.4. The Bertz CT molecular complexity index is 979. The maximum atomic E-state index is 13.1. The summed E-state index contributed by atoms with van der Waals surface area (Å²) in [7, 11) is 0. The highest BCUT2D eigenvalue weighted by atomic mass is 19.4. The lowest BCUT2D eigenvalue weighted by Gasteiger charge is -2.41. The third kappa shape index (κ3) is 3.35. The molecule has 0 aliphatic heterocycles. The summed E-state index contributed by atoms with van der Waals surface area (Å²) >= 11 is 0. The third-order valence-corrected chi connectivity index (χ3v) is 5.15. The molecule has 148 valence electrons. The zero-order chi connectivity index (χ0) is 20.2. The van der Waals surface area contributed by atoms with Gasteiger partial charge in [-0.25, -0.2) is 0 Å². The molecule has 3 N–H and O–H groups in total. The van der Waals surface area contributed by atoms with Crippen molar-refractivity contribution in [1.82, 2.24) is 15.2 Å². The Kier molecular flexibility index (Phi) is 4.20. The Morgan fingerprint density at radius 2 is 1.93 bits per heavy atom. The van der Waals surface area contributed by atoms with Crippen molar-refractivity contribution in [2.75, 3.05) is 5.32 Å². The van der Waals surface area contributed by atoms with Crippen LogP contribution in [-0.4, -0.2) is 43.2 Å². The monoisotopic (exact) mass is 392 g/mol. The van der Waals surface area contributed by atoms with Crippen LogP contribution in [0.2, 0.25) is 0 Å². The molecule has 0 aromatic carbocycles. The molecule has 0 saturated heterocycles. The van der Waals surface area contributed by atoms with Gasteiger partial charge in [0.2, 0.25) is 0 Å². The summed E-state index contributed by atoms with van der Waals surface area (Å²) in [5.74, 6) is 0.441. The van der Waals surface area contributed by atoms with Gasteiger partial charge in [0.15, 0.2) is 5.82 Å². The predicted octanol–water partition coefficient (Wildman–Crippen LogP) is 2.99. The fourth-order valence-electron chi connectivity index (χ4n) is 3.79. The number of aromatic nitrogens is 3. The van der Waals surface area contributed by atoms with Crippen LogP contribution < -0.4 is 5.32 Å². The van der Waals surface area contributed by atoms with Crippen LogP contribution in [0.5, 0.6) is 0 Å². The molecule has 2 aliphatic rings. The van der Waals surface area contributed by atoms with Gasteiger partial charge in [0.1, 0.15) is 11.3 Å². The molecular weight excluding hydrogens is 373 g/mol. The smallest absolute Gasteiger partial charge is 0.390 e. The van der Waals surface area contributed by atoms with Crippen molar-refractivity contribution >= 4 is 16.6 Å². The van der Waals surface area contributed by atoms with Crippen molar-refractivity contribution in [1.29, 1.82) is 0 Å². The van der Waals surface area contributed by atoms with E-state index in [4.69, 9.17) is 0 Å². The zero-order valence-electron chi connectivity index (χ0n) is 15.0. The number of halogens is 3. The van der Waals surface area contributed by atoms with E-state index in [9.17, 15) is 23.4 Å². The number of allylic oxidation sites excluding steroid dienone is 2. The van der Waals surface area contributed by atoms with Crippen molar-refractivity contribution in [3.8, 4) is 0 Å². The molecule has 2 aromatic rings. The van der Waals surface area contributed by atoms with Gasteiger partial charge in [-0.15, -0.1) is 10.2 Å². The summed E-state index contributed by atoms with van der Waals surface area (Å²) in [6.45, 7) is 1.75. The van der Waals surface area contributed by atoms with Crippen LogP contribution in [0.4, 0.5) is 19.0 Å². The van der Waals surface area contributed by atoms with Crippen molar-refractivity contribution in [3.63, 3.8) is 0 Å². The number of nitrogens with zero attached hydrogens (tertiary/aromatic N) is 3. The lowest BCUT2D eigenvalue weighted by atomic mass is 9.77. The fraction of sp³-hybridized carbons (Fsp3) is 0.421. The van der Waals surface area contributed by atoms with Crippen LogP contribution in [0, 0.1) is 0 Å². The number of nitrogens with one attached hydrogen (secondary N) is 1. The van der Waals surface area contributed by atoms with Gasteiger partial charge < -0.3 is 15.5 Å². The molecule has 2 aliphatic carbocycles. The molecule has 0 amide bonds. The molecular formula is C19H19F3N4O2. The second-order valence-corrected chi connectivity index (χ2v) is 7.69. The van der Waals surface area contributed by atoms with Gasteiger partial charge in [-0.3, -0.25) is 4.98 Å². The van der Waals surface area contributed by atoms with Crippen LogP contribution in [0.3, 0.4) is 0 Å². The molecule has 1 atom stereocenters. The second-order valence-electron chi connectivity index (χ2n) is 7.69. The molecule has 6 nitrogen and oxygen atoms in total. The third-order valence-electron chi connectivity index (χ3n) is 5.15. The van der Waals surface area contributed by atoms with Crippen LogP contribution in [-0.2, 0) is 5.60 Å². The Morgan fingerprint density at radius 1 is 1.18 bits per heavy atom. The Labute approximate surface area is 158 Å². The first-order chi connectivity index (χ1) is 13.1. The SMILES string of the molecule is CC1(O)CC(Nc2nnc(C3(O)C=C(C(F)(F)F)C=CC3)c3cnccc23)C1. The number of rotatable bonds is 3. The molecule has 1 unspecified atom stereocenters. The number of fused-ring (bicyclic) bond motifs is 1. The average Bonchev–Trinajstić information content (AvgIpc) is 2.59. The zero-order valence-corrected chi connectivity index (χ0v) is 15.0. The maximum Gasteiger partial charge on any atom is 0.416 e. The minimum Gasteiger partial charge on any atom is -0.390 e. The second kappa shape index (κ2) is 6.25. The van der Waals surface area contributed by atoms with Crippen molar-refractivity contribution < 1.29 is 23.4 Å². The topological polar surface area (TPSA) is 91.2 Å². The predicted molar refractivity (Wildman–Crippen MR) is 96.4 cm³/mol. The van der Waals surface area contributed by atoms with Crippen molar-refractivity contribution in [3.05, 3.63) is 48.0 Å². The molecule has 0 bridgehead atoms. The molecule has 0 radical (unpaired) electrons. The molecule has 4 rings (SSSR count). The van der Waals surface area contributed by atoms with E-state index in [1.165, 1.54) is 18.5 Å². The number of aliphatic hydroxyl groups is 2. The number of alkyl halides is 3. The first-order valence-corrected chi connectivity index (χ1v) is 8.86. The molecule has 9 heteroatoms. The van der Waals surface area contributed by atoms with Gasteiger partial charge in [-0.1, -0.05) is 12.2 Å². The van der Waals surface area contributed by atoms with Crippen molar-refractivity contribution in [2.24, 2.45) is 0 Å². The number of hydrogen-bond donors (Lipinski definition) is 3. The van der Waals surface area contributed by atoms with Crippen LogP contribution in [0.15, 0.2) is 42.3 Å². The Hall–Kier alpha value is -2.52. The van der Waals surface area contributed by atoms with E-state index in [2.05, 4.69) is 20.5 Å². The largest absolute Gasteiger partial charge is 0.416 e. The summed E-state index contributed by atoms with van der Waals surface area (Å²) in [5, 5.41) is 33.2. The highest BCUT2D eigenvalue weighted by Crippen LogP contribution is 2.40. The van der Waals surface area contributed by atoms with Gasteiger partial charge in [0, 0.05) is 35.6 Å². The van der Waals surface area contributed by atoms with Crippen LogP contribution in [0.1, 0.15) is 31.9 Å². The molecule has 1 fully saturated rings. The molecule has 2 heterocycles. The standard InChI is InChI=1S/C19H19F3N4O2/c1-17(27)8-12(9-17)24-16-13-4-6-23-10-14(13)15(25-26-16)18(28)5-2-3-11(7-18)19(20,21)22/h2-4,6-7,10,12,27-28H,5,8-9H2,1H3,(H,24,26). The van der Waals surface area contributed by atoms with Crippen molar-refractivity contribution in [2.45, 2.75) is 49.6 Å². The minimum atomic E-state index is -4.57. The normalized spacial score (nSPS) is 30.1. The highest BCUT2D eigenvalue weighted by molar-refractivity contribution is 5.93. The van der Waals surface area contributed by atoms with E-state index in [0.717, 1.165) is 12.2 Å². The van der Waals surface area contributed by atoms with Crippen LogP contribution in [0.25, 0.3) is 10.8 Å². The van der Waals surface area contributed by atoms with E-state index < -0.39 is 23.0 Å². The first-order valence-electron chi connectivity index (χ1n) is 8.86. The summed E-state index contributed by atoms with van der Waals surface area (Å²) in [6.07, 6.45) is 2.47. The summed E-state index contributed by atoms with van der Waals surface area (Å²) in [4.78, 5) is 4.04.